The highest BCUT2D eigenvalue weighted by molar-refractivity contribution is 7.89. The molecule has 0 spiro atoms. The minimum absolute atomic E-state index is 0.0738. The van der Waals surface area contributed by atoms with E-state index in [4.69, 9.17) is 0 Å². The zero-order valence-electron chi connectivity index (χ0n) is 17.4. The van der Waals surface area contributed by atoms with Crippen molar-refractivity contribution in [3.05, 3.63) is 59.2 Å². The maximum atomic E-state index is 13.1. The van der Waals surface area contributed by atoms with Crippen LogP contribution in [0.4, 0.5) is 5.69 Å². The Morgan fingerprint density at radius 1 is 0.967 bits per heavy atom. The summed E-state index contributed by atoms with van der Waals surface area (Å²) < 4.78 is 27.8. The van der Waals surface area contributed by atoms with Crippen molar-refractivity contribution in [3.63, 3.8) is 0 Å². The van der Waals surface area contributed by atoms with Crippen LogP contribution in [0.15, 0.2) is 47.4 Å². The highest BCUT2D eigenvalue weighted by Crippen LogP contribution is 2.26. The van der Waals surface area contributed by atoms with Crippen molar-refractivity contribution in [3.8, 4) is 0 Å². The molecule has 1 fully saturated rings. The van der Waals surface area contributed by atoms with Crippen LogP contribution in [-0.2, 0) is 27.7 Å². The molecule has 1 saturated heterocycles. The Bertz CT molecular complexity index is 1030. The summed E-state index contributed by atoms with van der Waals surface area (Å²) in [5.41, 5.74) is 4.29. The van der Waals surface area contributed by atoms with Gasteiger partial charge in [-0.05, 0) is 67.5 Å². The number of sulfonamides is 1. The van der Waals surface area contributed by atoms with E-state index in [1.54, 1.807) is 10.4 Å². The Labute approximate surface area is 178 Å². The van der Waals surface area contributed by atoms with E-state index in [2.05, 4.69) is 5.32 Å². The van der Waals surface area contributed by atoms with Crippen molar-refractivity contribution in [2.24, 2.45) is 0 Å². The van der Waals surface area contributed by atoms with Gasteiger partial charge < -0.3 is 5.32 Å². The number of anilines is 1. The smallest absolute Gasteiger partial charge is 0.243 e. The largest absolute Gasteiger partial charge is 0.325 e. The topological polar surface area (TPSA) is 69.7 Å². The van der Waals surface area contributed by atoms with Crippen LogP contribution in [0.3, 0.4) is 0 Å². The van der Waals surface area contributed by atoms with Crippen molar-refractivity contribution in [1.29, 1.82) is 0 Å². The Hall–Kier alpha value is -2.22. The third-order valence-corrected chi connectivity index (χ3v) is 7.97. The minimum Gasteiger partial charge on any atom is -0.325 e. The summed E-state index contributed by atoms with van der Waals surface area (Å²) in [5.74, 6) is -0.0738. The molecule has 0 atom stereocenters. The lowest BCUT2D eigenvalue weighted by Gasteiger charge is -2.33. The zero-order valence-corrected chi connectivity index (χ0v) is 18.2. The molecule has 4 rings (SSSR count). The number of fused-ring (bicyclic) bond motifs is 1. The number of benzene rings is 2. The molecule has 0 radical (unpaired) electrons. The molecule has 1 aliphatic heterocycles. The van der Waals surface area contributed by atoms with Crippen LogP contribution in [0, 0.1) is 6.92 Å². The monoisotopic (exact) mass is 427 g/mol. The summed E-state index contributed by atoms with van der Waals surface area (Å²) in [7, 11) is -3.50. The maximum Gasteiger partial charge on any atom is 0.243 e. The van der Waals surface area contributed by atoms with Crippen molar-refractivity contribution < 1.29 is 13.2 Å². The van der Waals surface area contributed by atoms with E-state index < -0.39 is 10.0 Å². The first-order chi connectivity index (χ1) is 14.4. The van der Waals surface area contributed by atoms with E-state index in [1.807, 2.05) is 48.2 Å². The molecule has 1 aliphatic carbocycles. The molecule has 160 valence electrons. The maximum absolute atomic E-state index is 13.1. The Morgan fingerprint density at radius 3 is 2.40 bits per heavy atom. The van der Waals surface area contributed by atoms with Crippen LogP contribution in [-0.4, -0.2) is 56.3 Å². The second-order valence-corrected chi connectivity index (χ2v) is 10.1. The molecule has 1 N–H and O–H groups in total. The molecule has 6 nitrogen and oxygen atoms in total. The molecular weight excluding hydrogens is 398 g/mol. The number of amides is 1. The number of aryl methyl sites for hydroxylation is 3. The average Bonchev–Trinajstić information content (AvgIpc) is 2.75. The Morgan fingerprint density at radius 2 is 1.67 bits per heavy atom. The van der Waals surface area contributed by atoms with E-state index in [-0.39, 0.29) is 12.5 Å². The number of para-hydroxylation sites is 1. The molecule has 0 saturated carbocycles. The van der Waals surface area contributed by atoms with Gasteiger partial charge >= 0.3 is 0 Å². The van der Waals surface area contributed by atoms with E-state index in [9.17, 15) is 13.2 Å². The molecule has 2 aliphatic rings. The van der Waals surface area contributed by atoms with Crippen LogP contribution < -0.4 is 5.32 Å². The second kappa shape index (κ2) is 8.88. The Kier molecular flexibility index (Phi) is 6.22. The Balaban J connectivity index is 1.34. The van der Waals surface area contributed by atoms with Crippen LogP contribution in [0.2, 0.25) is 0 Å². The summed E-state index contributed by atoms with van der Waals surface area (Å²) >= 11 is 0. The van der Waals surface area contributed by atoms with E-state index in [1.165, 1.54) is 17.5 Å². The SMILES string of the molecule is Cc1ccccc1NC(=O)CN1CCN(S(=O)(=O)c2ccc3c(c2)CCCC3)CC1. The molecule has 2 aromatic carbocycles. The van der Waals surface area contributed by atoms with Crippen LogP contribution in [0.25, 0.3) is 0 Å². The molecule has 1 amide bonds. The van der Waals surface area contributed by atoms with E-state index in [0.29, 0.717) is 31.1 Å². The number of carbonyl (C=O) groups is 1. The molecule has 0 aromatic heterocycles. The van der Waals surface area contributed by atoms with Crippen LogP contribution in [0.1, 0.15) is 29.5 Å². The third-order valence-electron chi connectivity index (χ3n) is 6.08. The molecule has 1 heterocycles. The van der Waals surface area contributed by atoms with Gasteiger partial charge in [-0.2, -0.15) is 4.31 Å². The minimum atomic E-state index is -3.50. The van der Waals surface area contributed by atoms with E-state index >= 15 is 0 Å². The number of hydrogen-bond donors (Lipinski definition) is 1. The van der Waals surface area contributed by atoms with Crippen molar-refractivity contribution in [2.75, 3.05) is 38.0 Å². The quantitative estimate of drug-likeness (QED) is 0.797. The molecule has 0 unspecified atom stereocenters. The van der Waals surface area contributed by atoms with Crippen molar-refractivity contribution in [1.82, 2.24) is 9.21 Å². The standard InChI is InChI=1S/C23H29N3O3S/c1-18-6-2-5-9-22(18)24-23(27)17-25-12-14-26(15-13-25)30(28,29)21-11-10-19-7-3-4-8-20(19)16-21/h2,5-6,9-11,16H,3-4,7-8,12-15,17H2,1H3,(H,24,27). The second-order valence-electron chi connectivity index (χ2n) is 8.18. The zero-order chi connectivity index (χ0) is 21.1. The van der Waals surface area contributed by atoms with E-state index in [0.717, 1.165) is 30.5 Å². The lowest BCUT2D eigenvalue weighted by molar-refractivity contribution is -0.117. The first kappa shape index (κ1) is 21.0. The molecule has 30 heavy (non-hydrogen) atoms. The average molecular weight is 428 g/mol. The van der Waals surface area contributed by atoms with Crippen molar-refractivity contribution in [2.45, 2.75) is 37.5 Å². The van der Waals surface area contributed by atoms with Gasteiger partial charge in [-0.1, -0.05) is 24.3 Å². The fraction of sp³-hybridized carbons (Fsp3) is 0.435. The van der Waals surface area contributed by atoms with Crippen molar-refractivity contribution >= 4 is 21.6 Å². The summed E-state index contributed by atoms with van der Waals surface area (Å²) in [4.78, 5) is 14.8. The van der Waals surface area contributed by atoms with Gasteiger partial charge in [-0.3, -0.25) is 9.69 Å². The van der Waals surface area contributed by atoms with Crippen LogP contribution in [0.5, 0.6) is 0 Å². The summed E-state index contributed by atoms with van der Waals surface area (Å²) in [6.45, 7) is 4.12. The fourth-order valence-corrected chi connectivity index (χ4v) is 5.73. The fourth-order valence-electron chi connectivity index (χ4n) is 4.25. The lowest BCUT2D eigenvalue weighted by atomic mass is 9.92. The van der Waals surface area contributed by atoms with Gasteiger partial charge in [-0.25, -0.2) is 8.42 Å². The molecule has 2 aromatic rings. The lowest BCUT2D eigenvalue weighted by Crippen LogP contribution is -2.50. The van der Waals surface area contributed by atoms with Gasteiger partial charge in [0.25, 0.3) is 0 Å². The van der Waals surface area contributed by atoms with Gasteiger partial charge in [0, 0.05) is 31.9 Å². The molecule has 7 heteroatoms. The first-order valence-electron chi connectivity index (χ1n) is 10.6. The summed E-state index contributed by atoms with van der Waals surface area (Å²) in [5, 5.41) is 2.94. The van der Waals surface area contributed by atoms with Gasteiger partial charge in [-0.15, -0.1) is 0 Å². The van der Waals surface area contributed by atoms with Gasteiger partial charge in [0.15, 0.2) is 0 Å². The predicted molar refractivity (Wildman–Crippen MR) is 118 cm³/mol. The highest BCUT2D eigenvalue weighted by Gasteiger charge is 2.29. The number of nitrogens with one attached hydrogen (secondary N) is 1. The number of carbonyl (C=O) groups excluding carboxylic acids is 1. The third kappa shape index (κ3) is 4.58. The molecule has 0 bridgehead atoms. The summed E-state index contributed by atoms with van der Waals surface area (Å²) in [6.07, 6.45) is 4.31. The summed E-state index contributed by atoms with van der Waals surface area (Å²) in [6, 6.07) is 13.3. The number of rotatable bonds is 5. The number of piperazine rings is 1. The molecular formula is C23H29N3O3S. The van der Waals surface area contributed by atoms with Crippen LogP contribution >= 0.6 is 0 Å². The first-order valence-corrected chi connectivity index (χ1v) is 12.1. The highest BCUT2D eigenvalue weighted by atomic mass is 32.2. The normalized spacial score (nSPS) is 18.0. The van der Waals surface area contributed by atoms with Gasteiger partial charge in [0.2, 0.25) is 15.9 Å². The number of nitrogens with zero attached hydrogens (tertiary/aromatic N) is 2. The number of hydrogen-bond acceptors (Lipinski definition) is 4. The van der Waals surface area contributed by atoms with Gasteiger partial charge in [0.1, 0.15) is 0 Å². The van der Waals surface area contributed by atoms with Gasteiger partial charge in [0.05, 0.1) is 11.4 Å². The predicted octanol–water partition coefficient (Wildman–Crippen LogP) is 2.82.